The highest BCUT2D eigenvalue weighted by Gasteiger charge is 2.22. The predicted octanol–water partition coefficient (Wildman–Crippen LogP) is 5.28. The normalized spacial score (nSPS) is 11.6. The Morgan fingerprint density at radius 3 is 2.57 bits per heavy atom. The predicted molar refractivity (Wildman–Crippen MR) is 110 cm³/mol. The highest BCUT2D eigenvalue weighted by atomic mass is 19.1. The minimum Gasteiger partial charge on any atom is -0.341 e. The first-order chi connectivity index (χ1) is 13.5. The van der Waals surface area contributed by atoms with Gasteiger partial charge < -0.3 is 4.90 Å². The van der Waals surface area contributed by atoms with Crippen LogP contribution in [-0.4, -0.2) is 24.4 Å². The summed E-state index contributed by atoms with van der Waals surface area (Å²) in [7, 11) is 1.73. The van der Waals surface area contributed by atoms with Gasteiger partial charge in [-0.15, -0.1) is 6.58 Å². The van der Waals surface area contributed by atoms with Gasteiger partial charge in [-0.3, -0.25) is 4.79 Å². The summed E-state index contributed by atoms with van der Waals surface area (Å²) in [5.41, 5.74) is 1.72. The monoisotopic (exact) mass is 372 g/mol. The van der Waals surface area contributed by atoms with Crippen LogP contribution in [0.25, 0.3) is 10.8 Å². The van der Waals surface area contributed by atoms with Crippen LogP contribution >= 0.6 is 0 Å². The van der Waals surface area contributed by atoms with E-state index in [1.165, 1.54) is 12.1 Å². The lowest BCUT2D eigenvalue weighted by Gasteiger charge is -2.25. The van der Waals surface area contributed by atoms with E-state index >= 15 is 0 Å². The van der Waals surface area contributed by atoms with Crippen molar-refractivity contribution in [3.8, 4) is 6.07 Å². The van der Waals surface area contributed by atoms with Gasteiger partial charge in [0.25, 0.3) is 5.91 Å². The molecule has 0 bridgehead atoms. The number of halogens is 1. The smallest absolute Gasteiger partial charge is 0.255 e. The summed E-state index contributed by atoms with van der Waals surface area (Å²) in [6.45, 7) is 4.24. The van der Waals surface area contributed by atoms with Gasteiger partial charge in [-0.05, 0) is 41.0 Å². The zero-order valence-corrected chi connectivity index (χ0v) is 15.7. The molecule has 3 aromatic carbocycles. The number of amides is 1. The minimum atomic E-state index is -0.292. The summed E-state index contributed by atoms with van der Waals surface area (Å²) in [5, 5.41) is 11.2. The SMILES string of the molecule is C=CC[C@H](CN(C)C(=O)c1c(C#N)ccc2ccccc12)c1ccc(F)cc1. The maximum Gasteiger partial charge on any atom is 0.255 e. The maximum absolute atomic E-state index is 13.3. The fourth-order valence-corrected chi connectivity index (χ4v) is 3.45. The van der Waals surface area contributed by atoms with Gasteiger partial charge in [-0.25, -0.2) is 4.39 Å². The highest BCUT2D eigenvalue weighted by Crippen LogP contribution is 2.26. The molecule has 0 saturated heterocycles. The molecule has 0 saturated carbocycles. The van der Waals surface area contributed by atoms with E-state index in [4.69, 9.17) is 0 Å². The van der Waals surface area contributed by atoms with Gasteiger partial charge in [0.2, 0.25) is 0 Å². The molecule has 3 aromatic rings. The summed E-state index contributed by atoms with van der Waals surface area (Å²) in [4.78, 5) is 14.9. The van der Waals surface area contributed by atoms with Crippen molar-refractivity contribution < 1.29 is 9.18 Å². The number of hydrogen-bond donors (Lipinski definition) is 0. The van der Waals surface area contributed by atoms with Crippen LogP contribution in [0.3, 0.4) is 0 Å². The summed E-state index contributed by atoms with van der Waals surface area (Å²) >= 11 is 0. The molecule has 3 rings (SSSR count). The second kappa shape index (κ2) is 8.49. The Balaban J connectivity index is 1.94. The number of hydrogen-bond acceptors (Lipinski definition) is 2. The van der Waals surface area contributed by atoms with Crippen molar-refractivity contribution in [3.63, 3.8) is 0 Å². The van der Waals surface area contributed by atoms with Crippen molar-refractivity contribution in [1.82, 2.24) is 4.90 Å². The number of nitriles is 1. The third-order valence-corrected chi connectivity index (χ3v) is 4.90. The molecule has 0 N–H and O–H groups in total. The van der Waals surface area contributed by atoms with Crippen LogP contribution in [0.1, 0.15) is 33.8 Å². The molecular weight excluding hydrogens is 351 g/mol. The lowest BCUT2D eigenvalue weighted by Crippen LogP contribution is -2.31. The molecule has 1 amide bonds. The number of allylic oxidation sites excluding steroid dienone is 1. The minimum absolute atomic E-state index is 0.00689. The van der Waals surface area contributed by atoms with E-state index in [0.717, 1.165) is 16.3 Å². The summed E-state index contributed by atoms with van der Waals surface area (Å²) in [6.07, 6.45) is 2.45. The molecule has 28 heavy (non-hydrogen) atoms. The van der Waals surface area contributed by atoms with Gasteiger partial charge >= 0.3 is 0 Å². The standard InChI is InChI=1S/C24H21FN2O/c1-3-6-20(17-11-13-21(25)14-12-17)16-27(2)24(28)23-19(15-26)10-9-18-7-4-5-8-22(18)23/h3-5,7-14,20H,1,6,16H2,2H3/t20-/m1/s1. The van der Waals surface area contributed by atoms with Crippen LogP contribution in [0, 0.1) is 17.1 Å². The molecule has 0 fully saturated rings. The van der Waals surface area contributed by atoms with Crippen molar-refractivity contribution in [2.45, 2.75) is 12.3 Å². The molecule has 0 spiro atoms. The van der Waals surface area contributed by atoms with Gasteiger partial charge in [-0.2, -0.15) is 5.26 Å². The largest absolute Gasteiger partial charge is 0.341 e. The van der Waals surface area contributed by atoms with Gasteiger partial charge in [0, 0.05) is 19.5 Å². The fourth-order valence-electron chi connectivity index (χ4n) is 3.45. The molecule has 0 radical (unpaired) electrons. The summed E-state index contributed by atoms with van der Waals surface area (Å²) in [5.74, 6) is -0.503. The number of carbonyl (C=O) groups is 1. The van der Waals surface area contributed by atoms with Crippen LogP contribution in [0.4, 0.5) is 4.39 Å². The molecule has 0 unspecified atom stereocenters. The fraction of sp³-hybridized carbons (Fsp3) is 0.167. The van der Waals surface area contributed by atoms with Crippen molar-refractivity contribution in [3.05, 3.63) is 95.8 Å². The molecule has 0 aromatic heterocycles. The number of fused-ring (bicyclic) bond motifs is 1. The average Bonchev–Trinajstić information content (AvgIpc) is 2.72. The first kappa shape index (κ1) is 19.3. The molecule has 4 heteroatoms. The third kappa shape index (κ3) is 3.94. The second-order valence-corrected chi connectivity index (χ2v) is 6.78. The lowest BCUT2D eigenvalue weighted by atomic mass is 9.94. The Labute approximate surface area is 164 Å². The molecule has 0 aliphatic rings. The maximum atomic E-state index is 13.3. The molecule has 0 aliphatic carbocycles. The number of nitrogens with zero attached hydrogens (tertiary/aromatic N) is 2. The second-order valence-electron chi connectivity index (χ2n) is 6.78. The Morgan fingerprint density at radius 1 is 1.18 bits per heavy atom. The highest BCUT2D eigenvalue weighted by molar-refractivity contribution is 6.09. The Bertz CT molecular complexity index is 1050. The van der Waals surface area contributed by atoms with Crippen molar-refractivity contribution >= 4 is 16.7 Å². The Kier molecular flexibility index (Phi) is 5.86. The number of rotatable bonds is 6. The third-order valence-electron chi connectivity index (χ3n) is 4.90. The number of benzene rings is 3. The molecule has 1 atom stereocenters. The van der Waals surface area contributed by atoms with Crippen LogP contribution in [-0.2, 0) is 0 Å². The van der Waals surface area contributed by atoms with E-state index in [2.05, 4.69) is 12.6 Å². The van der Waals surface area contributed by atoms with E-state index in [9.17, 15) is 14.4 Å². The van der Waals surface area contributed by atoms with E-state index in [0.29, 0.717) is 24.1 Å². The van der Waals surface area contributed by atoms with Gasteiger partial charge in [0.1, 0.15) is 5.82 Å². The van der Waals surface area contributed by atoms with Gasteiger partial charge in [0.15, 0.2) is 0 Å². The Morgan fingerprint density at radius 2 is 1.89 bits per heavy atom. The molecule has 3 nitrogen and oxygen atoms in total. The van der Waals surface area contributed by atoms with Crippen LogP contribution < -0.4 is 0 Å². The average molecular weight is 372 g/mol. The topological polar surface area (TPSA) is 44.1 Å². The number of likely N-dealkylation sites (N-methyl/N-ethyl adjacent to an activating group) is 1. The lowest BCUT2D eigenvalue weighted by molar-refractivity contribution is 0.0788. The molecular formula is C24H21FN2O. The van der Waals surface area contributed by atoms with E-state index in [1.807, 2.05) is 30.3 Å². The first-order valence-electron chi connectivity index (χ1n) is 9.08. The molecule has 140 valence electrons. The van der Waals surface area contributed by atoms with Crippen molar-refractivity contribution in [1.29, 1.82) is 5.26 Å². The zero-order chi connectivity index (χ0) is 20.1. The van der Waals surface area contributed by atoms with E-state index < -0.39 is 0 Å². The zero-order valence-electron chi connectivity index (χ0n) is 15.7. The molecule has 0 aliphatic heterocycles. The van der Waals surface area contributed by atoms with Crippen molar-refractivity contribution in [2.75, 3.05) is 13.6 Å². The summed E-state index contributed by atoms with van der Waals surface area (Å²) < 4.78 is 13.3. The summed E-state index contributed by atoms with van der Waals surface area (Å²) in [6, 6.07) is 19.5. The van der Waals surface area contributed by atoms with Crippen LogP contribution in [0.2, 0.25) is 0 Å². The van der Waals surface area contributed by atoms with E-state index in [-0.39, 0.29) is 17.6 Å². The molecule has 0 heterocycles. The van der Waals surface area contributed by atoms with Gasteiger partial charge in [-0.1, -0.05) is 48.5 Å². The van der Waals surface area contributed by atoms with Crippen molar-refractivity contribution in [2.24, 2.45) is 0 Å². The quantitative estimate of drug-likeness (QED) is 0.552. The van der Waals surface area contributed by atoms with Crippen LogP contribution in [0.5, 0.6) is 0 Å². The van der Waals surface area contributed by atoms with Crippen LogP contribution in [0.15, 0.2) is 73.3 Å². The van der Waals surface area contributed by atoms with E-state index in [1.54, 1.807) is 36.2 Å². The van der Waals surface area contributed by atoms with Gasteiger partial charge in [0.05, 0.1) is 17.2 Å². The Hall–Kier alpha value is -3.45. The first-order valence-corrected chi connectivity index (χ1v) is 9.08. The number of carbonyl (C=O) groups excluding carboxylic acids is 1.